The van der Waals surface area contributed by atoms with E-state index in [4.69, 9.17) is 0 Å². The van der Waals surface area contributed by atoms with Crippen molar-refractivity contribution in [1.82, 2.24) is 10.0 Å². The maximum absolute atomic E-state index is 11.5. The maximum Gasteiger partial charge on any atom is 0.240 e. The Morgan fingerprint density at radius 1 is 1.29 bits per heavy atom. The second-order valence-corrected chi connectivity index (χ2v) is 5.20. The van der Waals surface area contributed by atoms with Gasteiger partial charge in [-0.15, -0.1) is 0 Å². The number of benzene rings is 1. The van der Waals surface area contributed by atoms with Crippen molar-refractivity contribution in [1.29, 1.82) is 0 Å². The van der Waals surface area contributed by atoms with Gasteiger partial charge in [0.25, 0.3) is 0 Å². The van der Waals surface area contributed by atoms with Gasteiger partial charge < -0.3 is 10.6 Å². The summed E-state index contributed by atoms with van der Waals surface area (Å²) in [6.45, 7) is 0.170. The highest BCUT2D eigenvalue weighted by molar-refractivity contribution is 7.89. The van der Waals surface area contributed by atoms with Crippen LogP contribution in [0.5, 0.6) is 0 Å². The molecule has 94 valence electrons. The van der Waals surface area contributed by atoms with Crippen molar-refractivity contribution in [2.75, 3.05) is 26.0 Å². The number of hydrogen-bond donors (Lipinski definition) is 3. The summed E-state index contributed by atoms with van der Waals surface area (Å²) in [5.41, 5.74) is 0.446. The zero-order chi connectivity index (χ0) is 12.9. The average molecular weight is 257 g/mol. The molecule has 0 radical (unpaired) electrons. The molecular formula is C10H15N3O3S. The van der Waals surface area contributed by atoms with E-state index in [1.165, 1.54) is 19.2 Å². The highest BCUT2D eigenvalue weighted by atomic mass is 32.2. The summed E-state index contributed by atoms with van der Waals surface area (Å²) in [7, 11) is -0.497. The van der Waals surface area contributed by atoms with Crippen LogP contribution in [0.4, 0.5) is 5.69 Å². The summed E-state index contributed by atoms with van der Waals surface area (Å²) in [5, 5.41) is 5.29. The summed E-state index contributed by atoms with van der Waals surface area (Å²) >= 11 is 0. The summed E-state index contributed by atoms with van der Waals surface area (Å²) in [6.07, 6.45) is 0. The number of amides is 1. The first-order valence-electron chi connectivity index (χ1n) is 4.97. The molecule has 1 amide bonds. The van der Waals surface area contributed by atoms with Crippen LogP contribution in [0.25, 0.3) is 0 Å². The van der Waals surface area contributed by atoms with Gasteiger partial charge in [-0.3, -0.25) is 4.79 Å². The van der Waals surface area contributed by atoms with E-state index in [0.29, 0.717) is 5.69 Å². The average Bonchev–Trinajstić information content (AvgIpc) is 2.29. The molecule has 0 saturated carbocycles. The number of carbonyl (C=O) groups is 1. The van der Waals surface area contributed by atoms with E-state index in [1.807, 2.05) is 0 Å². The third-order valence-electron chi connectivity index (χ3n) is 2.03. The Hall–Kier alpha value is -1.44. The van der Waals surface area contributed by atoms with Crippen molar-refractivity contribution in [3.8, 4) is 0 Å². The van der Waals surface area contributed by atoms with E-state index in [2.05, 4.69) is 15.4 Å². The Morgan fingerprint density at radius 2 is 2.00 bits per heavy atom. The summed E-state index contributed by atoms with van der Waals surface area (Å²) in [5.74, 6) is -0.230. The summed E-state index contributed by atoms with van der Waals surface area (Å²) < 4.78 is 25.3. The Bertz CT molecular complexity index is 499. The molecule has 3 N–H and O–H groups in total. The highest BCUT2D eigenvalue weighted by Crippen LogP contribution is 2.14. The molecule has 0 atom stereocenters. The first kappa shape index (κ1) is 13.6. The van der Waals surface area contributed by atoms with Gasteiger partial charge in [-0.2, -0.15) is 0 Å². The van der Waals surface area contributed by atoms with Crippen molar-refractivity contribution >= 4 is 21.6 Å². The first-order valence-corrected chi connectivity index (χ1v) is 6.46. The molecular weight excluding hydrogens is 242 g/mol. The van der Waals surface area contributed by atoms with Gasteiger partial charge >= 0.3 is 0 Å². The molecule has 0 aromatic heterocycles. The predicted octanol–water partition coefficient (Wildman–Crippen LogP) is -0.247. The molecule has 0 unspecified atom stereocenters. The molecule has 7 heteroatoms. The van der Waals surface area contributed by atoms with Gasteiger partial charge in [0.05, 0.1) is 11.4 Å². The lowest BCUT2D eigenvalue weighted by Gasteiger charge is -2.07. The van der Waals surface area contributed by atoms with E-state index in [-0.39, 0.29) is 17.3 Å². The van der Waals surface area contributed by atoms with Crippen LogP contribution in [0, 0.1) is 0 Å². The maximum atomic E-state index is 11.5. The van der Waals surface area contributed by atoms with Crippen molar-refractivity contribution in [2.45, 2.75) is 4.90 Å². The summed E-state index contributed by atoms with van der Waals surface area (Å²) in [6, 6.07) is 6.06. The Labute approximate surface area is 100 Å². The predicted molar refractivity (Wildman–Crippen MR) is 65.2 cm³/mol. The molecule has 0 saturated heterocycles. The van der Waals surface area contributed by atoms with Crippen molar-refractivity contribution < 1.29 is 13.2 Å². The van der Waals surface area contributed by atoms with Gasteiger partial charge in [-0.1, -0.05) is 6.07 Å². The molecule has 0 fully saturated rings. The van der Waals surface area contributed by atoms with Crippen LogP contribution in [0.3, 0.4) is 0 Å². The van der Waals surface area contributed by atoms with Crippen molar-refractivity contribution in [3.05, 3.63) is 24.3 Å². The molecule has 17 heavy (non-hydrogen) atoms. The SMILES string of the molecule is CNCC(=O)Nc1cccc(S(=O)(=O)NC)c1. The fourth-order valence-electron chi connectivity index (χ4n) is 1.22. The molecule has 0 aliphatic heterocycles. The van der Waals surface area contributed by atoms with Gasteiger partial charge in [0, 0.05) is 5.69 Å². The minimum atomic E-state index is -3.49. The zero-order valence-electron chi connectivity index (χ0n) is 9.65. The number of carbonyl (C=O) groups excluding carboxylic acids is 1. The second kappa shape index (κ2) is 5.76. The van der Waals surface area contributed by atoms with E-state index in [9.17, 15) is 13.2 Å². The van der Waals surface area contributed by atoms with Crippen LogP contribution in [0.2, 0.25) is 0 Å². The smallest absolute Gasteiger partial charge is 0.240 e. The van der Waals surface area contributed by atoms with Gasteiger partial charge in [0.2, 0.25) is 15.9 Å². The van der Waals surface area contributed by atoms with Gasteiger partial charge in [0.1, 0.15) is 0 Å². The minimum absolute atomic E-state index is 0.113. The first-order chi connectivity index (χ1) is 7.99. The van der Waals surface area contributed by atoms with E-state index >= 15 is 0 Å². The van der Waals surface area contributed by atoms with Crippen molar-refractivity contribution in [2.24, 2.45) is 0 Å². The number of sulfonamides is 1. The Balaban J connectivity index is 2.91. The lowest BCUT2D eigenvalue weighted by molar-refractivity contribution is -0.115. The van der Waals surface area contributed by atoms with E-state index < -0.39 is 10.0 Å². The van der Waals surface area contributed by atoms with Crippen LogP contribution in [0.1, 0.15) is 0 Å². The normalized spacial score (nSPS) is 11.2. The monoisotopic (exact) mass is 257 g/mol. The number of anilines is 1. The largest absolute Gasteiger partial charge is 0.325 e. The third-order valence-corrected chi connectivity index (χ3v) is 3.45. The molecule has 0 spiro atoms. The number of hydrogen-bond acceptors (Lipinski definition) is 4. The Kier molecular flexibility index (Phi) is 4.62. The van der Waals surface area contributed by atoms with Crippen molar-refractivity contribution in [3.63, 3.8) is 0 Å². The van der Waals surface area contributed by atoms with Crippen LogP contribution in [0.15, 0.2) is 29.2 Å². The molecule has 6 nitrogen and oxygen atoms in total. The fourth-order valence-corrected chi connectivity index (χ4v) is 2.00. The Morgan fingerprint density at radius 3 is 2.59 bits per heavy atom. The quantitative estimate of drug-likeness (QED) is 0.679. The molecule has 1 aromatic carbocycles. The molecule has 1 rings (SSSR count). The highest BCUT2D eigenvalue weighted by Gasteiger charge is 2.11. The van der Waals surface area contributed by atoms with Crippen LogP contribution < -0.4 is 15.4 Å². The summed E-state index contributed by atoms with van der Waals surface area (Å²) in [4.78, 5) is 11.4. The molecule has 0 aliphatic rings. The third kappa shape index (κ3) is 3.81. The molecule has 0 heterocycles. The number of likely N-dealkylation sites (N-methyl/N-ethyl adjacent to an activating group) is 1. The van der Waals surface area contributed by atoms with E-state index in [1.54, 1.807) is 19.2 Å². The minimum Gasteiger partial charge on any atom is -0.325 e. The van der Waals surface area contributed by atoms with Crippen LogP contribution in [-0.4, -0.2) is 35.0 Å². The molecule has 0 aliphatic carbocycles. The van der Waals surface area contributed by atoms with E-state index in [0.717, 1.165) is 0 Å². The van der Waals surface area contributed by atoms with Gasteiger partial charge in [-0.25, -0.2) is 13.1 Å². The van der Waals surface area contributed by atoms with Gasteiger partial charge in [0.15, 0.2) is 0 Å². The zero-order valence-corrected chi connectivity index (χ0v) is 10.5. The standard InChI is InChI=1S/C10H15N3O3S/c1-11-7-10(14)13-8-4-3-5-9(6-8)17(15,16)12-2/h3-6,11-12H,7H2,1-2H3,(H,13,14). The topological polar surface area (TPSA) is 87.3 Å². The number of nitrogens with one attached hydrogen (secondary N) is 3. The second-order valence-electron chi connectivity index (χ2n) is 3.31. The van der Waals surface area contributed by atoms with Crippen LogP contribution >= 0.6 is 0 Å². The number of rotatable bonds is 5. The van der Waals surface area contributed by atoms with Crippen LogP contribution in [-0.2, 0) is 14.8 Å². The molecule has 1 aromatic rings. The molecule has 0 bridgehead atoms. The fraction of sp³-hybridized carbons (Fsp3) is 0.300. The lowest BCUT2D eigenvalue weighted by atomic mass is 10.3. The lowest BCUT2D eigenvalue weighted by Crippen LogP contribution is -2.25. The van der Waals surface area contributed by atoms with Gasteiger partial charge in [-0.05, 0) is 32.3 Å².